The van der Waals surface area contributed by atoms with Gasteiger partial charge in [-0.3, -0.25) is 9.78 Å². The molecule has 0 radical (unpaired) electrons. The van der Waals surface area contributed by atoms with Crippen molar-refractivity contribution in [2.24, 2.45) is 0 Å². The van der Waals surface area contributed by atoms with E-state index in [0.717, 1.165) is 4.47 Å². The van der Waals surface area contributed by atoms with Crippen LogP contribution in [0.2, 0.25) is 0 Å². The van der Waals surface area contributed by atoms with Gasteiger partial charge in [0, 0.05) is 35.9 Å². The monoisotopic (exact) mass is 288 g/mol. The third kappa shape index (κ3) is 3.88. The Balaban J connectivity index is 2.62. The molecule has 2 unspecified atom stereocenters. The molecule has 5 nitrogen and oxygen atoms in total. The maximum atomic E-state index is 10.6. The quantitative estimate of drug-likeness (QED) is 0.748. The summed E-state index contributed by atoms with van der Waals surface area (Å²) in [6.45, 7) is 1.35. The van der Waals surface area contributed by atoms with Gasteiger partial charge in [-0.2, -0.15) is 0 Å². The van der Waals surface area contributed by atoms with Crippen LogP contribution in [-0.4, -0.2) is 33.8 Å². The Bertz CT molecular complexity index is 373. The molecule has 0 spiro atoms. The molecule has 1 rings (SSSR count). The Morgan fingerprint density at radius 3 is 2.81 bits per heavy atom. The topological polar surface area (TPSA) is 82.5 Å². The zero-order valence-electron chi connectivity index (χ0n) is 8.72. The van der Waals surface area contributed by atoms with Gasteiger partial charge in [-0.05, 0) is 22.0 Å². The summed E-state index contributed by atoms with van der Waals surface area (Å²) < 4.78 is 0.718. The van der Waals surface area contributed by atoms with Crippen molar-refractivity contribution in [3.8, 4) is 0 Å². The Morgan fingerprint density at radius 1 is 1.56 bits per heavy atom. The van der Waals surface area contributed by atoms with Crippen molar-refractivity contribution in [3.05, 3.63) is 28.5 Å². The molecule has 0 aliphatic carbocycles. The van der Waals surface area contributed by atoms with Crippen molar-refractivity contribution in [2.45, 2.75) is 19.1 Å². The zero-order chi connectivity index (χ0) is 12.1. The molecule has 1 amide bonds. The van der Waals surface area contributed by atoms with E-state index in [9.17, 15) is 15.0 Å². The second-order valence-corrected chi connectivity index (χ2v) is 4.30. The predicted molar refractivity (Wildman–Crippen MR) is 61.6 cm³/mol. The van der Waals surface area contributed by atoms with Crippen LogP contribution in [0.25, 0.3) is 0 Å². The lowest BCUT2D eigenvalue weighted by Crippen LogP contribution is -2.34. The minimum atomic E-state index is -1.07. The number of rotatable bonds is 4. The fourth-order valence-corrected chi connectivity index (χ4v) is 1.55. The van der Waals surface area contributed by atoms with E-state index in [1.54, 1.807) is 12.3 Å². The van der Waals surface area contributed by atoms with E-state index in [1.165, 1.54) is 13.1 Å². The number of aliphatic hydroxyl groups is 2. The number of amides is 1. The molecule has 1 heterocycles. The van der Waals surface area contributed by atoms with Crippen LogP contribution in [0.3, 0.4) is 0 Å². The maximum Gasteiger partial charge on any atom is 0.216 e. The molecular weight excluding hydrogens is 276 g/mol. The van der Waals surface area contributed by atoms with E-state index in [1.807, 2.05) is 0 Å². The van der Waals surface area contributed by atoms with Gasteiger partial charge < -0.3 is 15.5 Å². The van der Waals surface area contributed by atoms with Crippen LogP contribution in [0.5, 0.6) is 0 Å². The summed E-state index contributed by atoms with van der Waals surface area (Å²) in [6, 6.07) is 1.66. The minimum absolute atomic E-state index is 0.00299. The molecule has 0 fully saturated rings. The Labute approximate surface area is 102 Å². The maximum absolute atomic E-state index is 10.6. The average Bonchev–Trinajstić information content (AvgIpc) is 2.24. The lowest BCUT2D eigenvalue weighted by Gasteiger charge is -2.18. The smallest absolute Gasteiger partial charge is 0.216 e. The van der Waals surface area contributed by atoms with Crippen molar-refractivity contribution in [1.29, 1.82) is 0 Å². The van der Waals surface area contributed by atoms with Gasteiger partial charge in [0.05, 0.1) is 0 Å². The first-order chi connectivity index (χ1) is 7.50. The van der Waals surface area contributed by atoms with Gasteiger partial charge in [0.1, 0.15) is 12.2 Å². The fraction of sp³-hybridized carbons (Fsp3) is 0.400. The van der Waals surface area contributed by atoms with Crippen LogP contribution in [0.4, 0.5) is 0 Å². The van der Waals surface area contributed by atoms with E-state index >= 15 is 0 Å². The van der Waals surface area contributed by atoms with Crippen molar-refractivity contribution < 1.29 is 15.0 Å². The molecule has 16 heavy (non-hydrogen) atoms. The molecule has 0 saturated carbocycles. The third-order valence-corrected chi connectivity index (χ3v) is 2.43. The highest BCUT2D eigenvalue weighted by Gasteiger charge is 2.18. The van der Waals surface area contributed by atoms with Crippen molar-refractivity contribution >= 4 is 21.8 Å². The van der Waals surface area contributed by atoms with Gasteiger partial charge >= 0.3 is 0 Å². The van der Waals surface area contributed by atoms with Crippen LogP contribution >= 0.6 is 15.9 Å². The number of hydrogen-bond donors (Lipinski definition) is 3. The molecule has 3 N–H and O–H groups in total. The molecule has 0 bridgehead atoms. The molecule has 0 saturated heterocycles. The summed E-state index contributed by atoms with van der Waals surface area (Å²) in [4.78, 5) is 14.5. The highest BCUT2D eigenvalue weighted by atomic mass is 79.9. The number of nitrogens with zero attached hydrogens (tertiary/aromatic N) is 1. The van der Waals surface area contributed by atoms with E-state index in [2.05, 4.69) is 26.2 Å². The lowest BCUT2D eigenvalue weighted by molar-refractivity contribution is -0.119. The van der Waals surface area contributed by atoms with Crippen LogP contribution < -0.4 is 5.32 Å². The molecule has 0 aromatic carbocycles. The van der Waals surface area contributed by atoms with E-state index in [4.69, 9.17) is 0 Å². The number of pyridine rings is 1. The minimum Gasteiger partial charge on any atom is -0.388 e. The second-order valence-electron chi connectivity index (χ2n) is 3.39. The number of aromatic nitrogens is 1. The van der Waals surface area contributed by atoms with Crippen molar-refractivity contribution in [3.63, 3.8) is 0 Å². The molecule has 1 aromatic rings. The first-order valence-electron chi connectivity index (χ1n) is 4.71. The molecule has 0 aliphatic rings. The van der Waals surface area contributed by atoms with Gasteiger partial charge in [0.15, 0.2) is 0 Å². The van der Waals surface area contributed by atoms with E-state index in [-0.39, 0.29) is 12.5 Å². The van der Waals surface area contributed by atoms with Crippen LogP contribution in [0.1, 0.15) is 18.6 Å². The zero-order valence-corrected chi connectivity index (χ0v) is 10.3. The lowest BCUT2D eigenvalue weighted by atomic mass is 10.1. The first kappa shape index (κ1) is 13.1. The van der Waals surface area contributed by atoms with Crippen LogP contribution in [0, 0.1) is 0 Å². The fourth-order valence-electron chi connectivity index (χ4n) is 1.17. The number of nitrogens with one attached hydrogen (secondary N) is 1. The van der Waals surface area contributed by atoms with Gasteiger partial charge in [-0.25, -0.2) is 0 Å². The standard InChI is InChI=1S/C10H13BrN2O3/c1-6(14)13-5-9(15)10(16)7-2-8(11)4-12-3-7/h2-4,9-10,15-16H,5H2,1H3,(H,13,14). The number of aliphatic hydroxyl groups excluding tert-OH is 2. The predicted octanol–water partition coefficient (Wildman–Crippen LogP) is 0.374. The Kier molecular flexibility index (Phi) is 4.85. The number of carbonyl (C=O) groups excluding carboxylic acids is 1. The summed E-state index contributed by atoms with van der Waals surface area (Å²) in [7, 11) is 0. The Hall–Kier alpha value is -0.980. The van der Waals surface area contributed by atoms with Crippen molar-refractivity contribution in [1.82, 2.24) is 10.3 Å². The van der Waals surface area contributed by atoms with Gasteiger partial charge in [-0.1, -0.05) is 0 Å². The van der Waals surface area contributed by atoms with Crippen molar-refractivity contribution in [2.75, 3.05) is 6.54 Å². The highest BCUT2D eigenvalue weighted by molar-refractivity contribution is 9.10. The normalized spacial score (nSPS) is 14.2. The van der Waals surface area contributed by atoms with E-state index in [0.29, 0.717) is 5.56 Å². The Morgan fingerprint density at radius 2 is 2.25 bits per heavy atom. The number of carbonyl (C=O) groups is 1. The largest absolute Gasteiger partial charge is 0.388 e. The molecule has 1 aromatic heterocycles. The molecule has 2 atom stereocenters. The summed E-state index contributed by atoms with van der Waals surface area (Å²) in [6.07, 6.45) is 0.917. The average molecular weight is 289 g/mol. The molecule has 6 heteroatoms. The number of hydrogen-bond acceptors (Lipinski definition) is 4. The van der Waals surface area contributed by atoms with E-state index < -0.39 is 12.2 Å². The van der Waals surface area contributed by atoms with Crippen LogP contribution in [-0.2, 0) is 4.79 Å². The number of halogens is 1. The van der Waals surface area contributed by atoms with Gasteiger partial charge in [0.2, 0.25) is 5.91 Å². The van der Waals surface area contributed by atoms with Gasteiger partial charge in [0.25, 0.3) is 0 Å². The summed E-state index contributed by atoms with van der Waals surface area (Å²) >= 11 is 3.22. The van der Waals surface area contributed by atoms with Gasteiger partial charge in [-0.15, -0.1) is 0 Å². The third-order valence-electron chi connectivity index (χ3n) is 1.99. The first-order valence-corrected chi connectivity index (χ1v) is 5.51. The second kappa shape index (κ2) is 5.93. The molecular formula is C10H13BrN2O3. The molecule has 0 aliphatic heterocycles. The highest BCUT2D eigenvalue weighted by Crippen LogP contribution is 2.19. The van der Waals surface area contributed by atoms with Crippen LogP contribution in [0.15, 0.2) is 22.9 Å². The summed E-state index contributed by atoms with van der Waals surface area (Å²) in [5.74, 6) is -0.251. The molecule has 88 valence electrons. The summed E-state index contributed by atoms with van der Waals surface area (Å²) in [5.41, 5.74) is 0.493. The SMILES string of the molecule is CC(=O)NCC(O)C(O)c1cncc(Br)c1. The summed E-state index contributed by atoms with van der Waals surface area (Å²) in [5, 5.41) is 21.8.